The number of benzene rings is 1. The van der Waals surface area contributed by atoms with Crippen LogP contribution in [-0.4, -0.2) is 40.1 Å². The van der Waals surface area contributed by atoms with E-state index in [4.69, 9.17) is 11.6 Å². The lowest BCUT2D eigenvalue weighted by Crippen LogP contribution is -2.34. The van der Waals surface area contributed by atoms with E-state index in [-0.39, 0.29) is 18.4 Å². The molecule has 1 aromatic carbocycles. The molecule has 0 bridgehead atoms. The van der Waals surface area contributed by atoms with Crippen LogP contribution in [0.1, 0.15) is 16.8 Å². The van der Waals surface area contributed by atoms with E-state index >= 15 is 0 Å². The van der Waals surface area contributed by atoms with E-state index in [1.54, 1.807) is 24.9 Å². The number of carbonyl (C=O) groups excluding carboxylic acids is 2. The second-order valence-corrected chi connectivity index (χ2v) is 7.22. The molecule has 1 aromatic heterocycles. The van der Waals surface area contributed by atoms with Crippen molar-refractivity contribution >= 4 is 51.1 Å². The van der Waals surface area contributed by atoms with Crippen LogP contribution < -0.4 is 5.32 Å². The van der Waals surface area contributed by atoms with Crippen molar-refractivity contribution in [3.05, 3.63) is 50.7 Å². The van der Waals surface area contributed by atoms with E-state index in [1.807, 2.05) is 32.0 Å². The molecule has 0 spiro atoms. The number of carbonyl (C=O) groups is 2. The average molecular weight is 440 g/mol. The summed E-state index contributed by atoms with van der Waals surface area (Å²) >= 11 is 9.52. The molecule has 0 saturated heterocycles. The second-order valence-electron chi connectivity index (χ2n) is 5.95. The van der Waals surface area contributed by atoms with Gasteiger partial charge in [0.25, 0.3) is 0 Å². The first-order valence-corrected chi connectivity index (χ1v) is 9.04. The van der Waals surface area contributed by atoms with Gasteiger partial charge in [-0.2, -0.15) is 5.10 Å². The Labute approximate surface area is 165 Å². The normalized spacial score (nSPS) is 11.0. The van der Waals surface area contributed by atoms with Gasteiger partial charge in [0.05, 0.1) is 12.2 Å². The van der Waals surface area contributed by atoms with Crippen molar-refractivity contribution in [2.75, 3.05) is 18.9 Å². The van der Waals surface area contributed by atoms with Crippen molar-refractivity contribution in [1.29, 1.82) is 0 Å². The topological polar surface area (TPSA) is 67.2 Å². The molecule has 0 unspecified atom stereocenters. The molecule has 6 nitrogen and oxygen atoms in total. The number of nitrogens with zero attached hydrogens (tertiary/aromatic N) is 3. The maximum absolute atomic E-state index is 12.2. The third-order valence-corrected chi connectivity index (χ3v) is 4.75. The molecule has 2 aromatic rings. The molecule has 8 heteroatoms. The number of nitrogens with one attached hydrogen (secondary N) is 1. The Morgan fingerprint density at radius 1 is 1.38 bits per heavy atom. The number of rotatable bonds is 5. The van der Waals surface area contributed by atoms with Crippen LogP contribution in [0.25, 0.3) is 6.08 Å². The molecule has 2 rings (SSSR count). The van der Waals surface area contributed by atoms with Crippen LogP contribution in [0.15, 0.2) is 28.7 Å². The van der Waals surface area contributed by atoms with Crippen LogP contribution in [0.3, 0.4) is 0 Å². The second kappa shape index (κ2) is 8.51. The van der Waals surface area contributed by atoms with Gasteiger partial charge in [0, 0.05) is 35.9 Å². The molecular weight excluding hydrogens is 420 g/mol. The lowest BCUT2D eigenvalue weighted by Gasteiger charge is -2.15. The summed E-state index contributed by atoms with van der Waals surface area (Å²) < 4.78 is 2.48. The number of anilines is 1. The number of hydrogen-bond acceptors (Lipinski definition) is 3. The zero-order chi connectivity index (χ0) is 19.4. The van der Waals surface area contributed by atoms with E-state index in [0.717, 1.165) is 15.7 Å². The first-order valence-electron chi connectivity index (χ1n) is 7.87. The lowest BCUT2D eigenvalue weighted by molar-refractivity contribution is -0.129. The first kappa shape index (κ1) is 20.2. The maximum Gasteiger partial charge on any atom is 0.246 e. The zero-order valence-corrected chi connectivity index (χ0v) is 17.3. The van der Waals surface area contributed by atoms with Crippen LogP contribution in [0.2, 0.25) is 5.15 Å². The zero-order valence-electron chi connectivity index (χ0n) is 15.0. The van der Waals surface area contributed by atoms with Crippen LogP contribution >= 0.6 is 27.5 Å². The summed E-state index contributed by atoms with van der Waals surface area (Å²) in [6.07, 6.45) is 2.99. The van der Waals surface area contributed by atoms with Gasteiger partial charge in [-0.25, -0.2) is 0 Å². The Hall–Kier alpha value is -2.12. The van der Waals surface area contributed by atoms with Crippen molar-refractivity contribution in [3.63, 3.8) is 0 Å². The molecule has 0 saturated carbocycles. The fourth-order valence-corrected chi connectivity index (χ4v) is 3.08. The molecule has 2 amide bonds. The highest BCUT2D eigenvalue weighted by Gasteiger charge is 2.13. The maximum atomic E-state index is 12.2. The van der Waals surface area contributed by atoms with E-state index in [2.05, 4.69) is 26.3 Å². The summed E-state index contributed by atoms with van der Waals surface area (Å²) in [6, 6.07) is 5.57. The smallest absolute Gasteiger partial charge is 0.246 e. The van der Waals surface area contributed by atoms with Crippen LogP contribution in [0, 0.1) is 13.8 Å². The number of aryl methyl sites for hydroxylation is 3. The minimum atomic E-state index is -0.299. The third-order valence-electron chi connectivity index (χ3n) is 3.81. The highest BCUT2D eigenvalue weighted by atomic mass is 79.9. The van der Waals surface area contributed by atoms with Crippen LogP contribution in [-0.2, 0) is 16.6 Å². The monoisotopic (exact) mass is 438 g/mol. The lowest BCUT2D eigenvalue weighted by atomic mass is 10.2. The van der Waals surface area contributed by atoms with E-state index in [0.29, 0.717) is 16.4 Å². The largest absolute Gasteiger partial charge is 0.333 e. The minimum absolute atomic E-state index is 0.0571. The number of amides is 2. The van der Waals surface area contributed by atoms with Crippen molar-refractivity contribution in [2.24, 2.45) is 7.05 Å². The third kappa shape index (κ3) is 4.95. The van der Waals surface area contributed by atoms with Gasteiger partial charge in [-0.15, -0.1) is 0 Å². The standard InChI is InChI=1S/C18H20BrClN4O2/c1-11-9-13(19)5-7-15(11)21-16(25)10-23(3)17(26)8-6-14-12(2)22-24(4)18(14)20/h5-9H,10H2,1-4H3,(H,21,25)/b8-6+. The summed E-state index contributed by atoms with van der Waals surface area (Å²) in [6.45, 7) is 3.66. The summed E-state index contributed by atoms with van der Waals surface area (Å²) in [5.74, 6) is -0.567. The van der Waals surface area contributed by atoms with E-state index in [1.165, 1.54) is 11.0 Å². The molecule has 138 valence electrons. The van der Waals surface area contributed by atoms with Crippen LogP contribution in [0.4, 0.5) is 5.69 Å². The summed E-state index contributed by atoms with van der Waals surface area (Å²) in [5, 5.41) is 7.45. The number of aromatic nitrogens is 2. The minimum Gasteiger partial charge on any atom is -0.333 e. The summed E-state index contributed by atoms with van der Waals surface area (Å²) in [5.41, 5.74) is 3.06. The fraction of sp³-hybridized carbons (Fsp3) is 0.278. The molecule has 0 fully saturated rings. The van der Waals surface area contributed by atoms with E-state index < -0.39 is 0 Å². The SMILES string of the molecule is Cc1cc(Br)ccc1NC(=O)CN(C)C(=O)/C=C/c1c(C)nn(C)c1Cl. The Bertz CT molecular complexity index is 876. The molecule has 0 aliphatic rings. The molecule has 0 aliphatic heterocycles. The fourth-order valence-electron chi connectivity index (χ4n) is 2.37. The highest BCUT2D eigenvalue weighted by Crippen LogP contribution is 2.21. The Morgan fingerprint density at radius 3 is 2.65 bits per heavy atom. The average Bonchev–Trinajstić information content (AvgIpc) is 2.80. The van der Waals surface area contributed by atoms with Gasteiger partial charge in [-0.3, -0.25) is 14.3 Å². The van der Waals surface area contributed by atoms with Crippen molar-refractivity contribution in [1.82, 2.24) is 14.7 Å². The van der Waals surface area contributed by atoms with Gasteiger partial charge in [-0.1, -0.05) is 27.5 Å². The summed E-state index contributed by atoms with van der Waals surface area (Å²) in [4.78, 5) is 25.7. The van der Waals surface area contributed by atoms with Gasteiger partial charge in [0.1, 0.15) is 5.15 Å². The van der Waals surface area contributed by atoms with Gasteiger partial charge >= 0.3 is 0 Å². The van der Waals surface area contributed by atoms with Gasteiger partial charge in [0.2, 0.25) is 11.8 Å². The Kier molecular flexibility index (Phi) is 6.61. The molecule has 26 heavy (non-hydrogen) atoms. The first-order chi connectivity index (χ1) is 12.2. The van der Waals surface area contributed by atoms with Crippen LogP contribution in [0.5, 0.6) is 0 Å². The number of halogens is 2. The predicted molar refractivity (Wildman–Crippen MR) is 107 cm³/mol. The number of hydrogen-bond donors (Lipinski definition) is 1. The molecule has 0 aliphatic carbocycles. The molecule has 1 heterocycles. The molecule has 0 radical (unpaired) electrons. The number of likely N-dealkylation sites (N-methyl/N-ethyl adjacent to an activating group) is 1. The molecular formula is C18H20BrClN4O2. The molecule has 0 atom stereocenters. The van der Waals surface area contributed by atoms with Gasteiger partial charge in [0.15, 0.2) is 0 Å². The van der Waals surface area contributed by atoms with Gasteiger partial charge < -0.3 is 10.2 Å². The Morgan fingerprint density at radius 2 is 2.08 bits per heavy atom. The van der Waals surface area contributed by atoms with Crippen molar-refractivity contribution in [2.45, 2.75) is 13.8 Å². The Balaban J connectivity index is 1.97. The van der Waals surface area contributed by atoms with E-state index in [9.17, 15) is 9.59 Å². The highest BCUT2D eigenvalue weighted by molar-refractivity contribution is 9.10. The van der Waals surface area contributed by atoms with Crippen molar-refractivity contribution < 1.29 is 9.59 Å². The quantitative estimate of drug-likeness (QED) is 0.724. The summed E-state index contributed by atoms with van der Waals surface area (Å²) in [7, 11) is 3.30. The predicted octanol–water partition coefficient (Wildman–Crippen LogP) is 3.56. The molecule has 1 N–H and O–H groups in total. The van der Waals surface area contributed by atoms with Crippen molar-refractivity contribution in [3.8, 4) is 0 Å². The van der Waals surface area contributed by atoms with Gasteiger partial charge in [-0.05, 0) is 43.7 Å².